The maximum absolute atomic E-state index is 11.9. The second-order valence-electron chi connectivity index (χ2n) is 5.15. The Morgan fingerprint density at radius 1 is 1.45 bits per heavy atom. The summed E-state index contributed by atoms with van der Waals surface area (Å²) in [7, 11) is 0. The number of nitrogens with one attached hydrogen (secondary N) is 1. The summed E-state index contributed by atoms with van der Waals surface area (Å²) in [6.07, 6.45) is 2.44. The molecule has 7 heteroatoms. The van der Waals surface area contributed by atoms with E-state index in [1.165, 1.54) is 12.8 Å². The van der Waals surface area contributed by atoms with Crippen molar-refractivity contribution in [2.75, 3.05) is 13.2 Å². The van der Waals surface area contributed by atoms with Crippen LogP contribution in [0, 0.1) is 5.92 Å². The molecule has 2 aromatic rings. The minimum absolute atomic E-state index is 0.183. The van der Waals surface area contributed by atoms with Gasteiger partial charge in [-0.1, -0.05) is 16.8 Å². The van der Waals surface area contributed by atoms with E-state index in [0.29, 0.717) is 34.6 Å². The molecule has 1 aromatic carbocycles. The highest BCUT2D eigenvalue weighted by Gasteiger charge is 2.23. The van der Waals surface area contributed by atoms with Gasteiger partial charge in [-0.05, 0) is 43.9 Å². The zero-order valence-corrected chi connectivity index (χ0v) is 12.9. The van der Waals surface area contributed by atoms with Crippen molar-refractivity contribution in [3.05, 3.63) is 28.9 Å². The van der Waals surface area contributed by atoms with E-state index in [-0.39, 0.29) is 12.3 Å². The third kappa shape index (κ3) is 3.22. The van der Waals surface area contributed by atoms with Crippen LogP contribution in [-0.2, 0) is 4.74 Å². The van der Waals surface area contributed by atoms with Crippen molar-refractivity contribution in [2.45, 2.75) is 19.8 Å². The minimum Gasteiger partial charge on any atom is -0.493 e. The van der Waals surface area contributed by atoms with Crippen molar-refractivity contribution in [2.24, 2.45) is 5.92 Å². The van der Waals surface area contributed by atoms with Gasteiger partial charge in [-0.3, -0.25) is 5.10 Å². The third-order valence-corrected chi connectivity index (χ3v) is 3.73. The molecule has 1 fully saturated rings. The minimum atomic E-state index is -0.511. The second kappa shape index (κ2) is 6.36. The van der Waals surface area contributed by atoms with Gasteiger partial charge in [-0.15, -0.1) is 5.10 Å². The molecule has 1 aliphatic carbocycles. The van der Waals surface area contributed by atoms with Crippen LogP contribution in [-0.4, -0.2) is 34.6 Å². The standard InChI is InChI=1S/C15H16ClN3O3/c1-2-21-15(20)14-13(17-19-18-14)11-7-10(5-6-12(11)16)22-8-9-3-4-9/h5-7,9H,2-4,8H2,1H3,(H,17,18,19). The number of aromatic nitrogens is 3. The molecule has 1 N–H and O–H groups in total. The van der Waals surface area contributed by atoms with Crippen LogP contribution in [0.2, 0.25) is 5.02 Å². The number of hydrogen-bond donors (Lipinski definition) is 1. The molecule has 1 aromatic heterocycles. The smallest absolute Gasteiger partial charge is 0.358 e. The summed E-state index contributed by atoms with van der Waals surface area (Å²) in [6.45, 7) is 2.71. The van der Waals surface area contributed by atoms with Gasteiger partial charge in [0.25, 0.3) is 0 Å². The fourth-order valence-corrected chi connectivity index (χ4v) is 2.24. The number of carbonyl (C=O) groups excluding carboxylic acids is 1. The highest BCUT2D eigenvalue weighted by atomic mass is 35.5. The fourth-order valence-electron chi connectivity index (χ4n) is 2.04. The van der Waals surface area contributed by atoms with Crippen molar-refractivity contribution in [3.63, 3.8) is 0 Å². The molecule has 0 spiro atoms. The largest absolute Gasteiger partial charge is 0.493 e. The zero-order valence-electron chi connectivity index (χ0n) is 12.1. The molecular formula is C15H16ClN3O3. The molecule has 22 heavy (non-hydrogen) atoms. The predicted molar refractivity (Wildman–Crippen MR) is 81.0 cm³/mol. The normalized spacial score (nSPS) is 13.9. The molecule has 0 atom stereocenters. The van der Waals surface area contributed by atoms with Crippen molar-refractivity contribution in [1.82, 2.24) is 15.4 Å². The first-order valence-corrected chi connectivity index (χ1v) is 7.57. The Morgan fingerprint density at radius 2 is 2.27 bits per heavy atom. The van der Waals surface area contributed by atoms with Crippen LogP contribution in [0.4, 0.5) is 0 Å². The number of hydrogen-bond acceptors (Lipinski definition) is 5. The van der Waals surface area contributed by atoms with Gasteiger partial charge in [-0.2, -0.15) is 0 Å². The molecular weight excluding hydrogens is 306 g/mol. The number of H-pyrrole nitrogens is 1. The summed E-state index contributed by atoms with van der Waals surface area (Å²) >= 11 is 6.23. The first-order chi connectivity index (χ1) is 10.7. The Hall–Kier alpha value is -2.08. The van der Waals surface area contributed by atoms with Gasteiger partial charge < -0.3 is 9.47 Å². The monoisotopic (exact) mass is 321 g/mol. The molecule has 1 aliphatic rings. The van der Waals surface area contributed by atoms with Crippen LogP contribution in [0.25, 0.3) is 11.3 Å². The topological polar surface area (TPSA) is 77.1 Å². The average Bonchev–Trinajstić information content (AvgIpc) is 3.21. The fraction of sp³-hybridized carbons (Fsp3) is 0.400. The molecule has 116 valence electrons. The molecule has 3 rings (SSSR count). The van der Waals surface area contributed by atoms with Gasteiger partial charge >= 0.3 is 5.97 Å². The quantitative estimate of drug-likeness (QED) is 0.827. The summed E-state index contributed by atoms with van der Waals surface area (Å²) in [5, 5.41) is 10.7. The molecule has 0 unspecified atom stereocenters. The van der Waals surface area contributed by atoms with Crippen LogP contribution in [0.15, 0.2) is 18.2 Å². The van der Waals surface area contributed by atoms with Gasteiger partial charge in [0.05, 0.1) is 18.2 Å². The molecule has 0 saturated heterocycles. The Bertz CT molecular complexity index is 682. The first kappa shape index (κ1) is 14.8. The molecule has 0 bridgehead atoms. The highest BCUT2D eigenvalue weighted by Crippen LogP contribution is 2.34. The average molecular weight is 322 g/mol. The van der Waals surface area contributed by atoms with E-state index in [9.17, 15) is 4.79 Å². The molecule has 1 saturated carbocycles. The van der Waals surface area contributed by atoms with Crippen LogP contribution in [0.5, 0.6) is 5.75 Å². The van der Waals surface area contributed by atoms with Crippen LogP contribution in [0.1, 0.15) is 30.3 Å². The van der Waals surface area contributed by atoms with E-state index in [4.69, 9.17) is 21.1 Å². The first-order valence-electron chi connectivity index (χ1n) is 7.20. The van der Waals surface area contributed by atoms with Gasteiger partial charge in [0.2, 0.25) is 0 Å². The summed E-state index contributed by atoms with van der Waals surface area (Å²) in [6, 6.07) is 5.30. The number of ether oxygens (including phenoxy) is 2. The van der Waals surface area contributed by atoms with E-state index >= 15 is 0 Å². The number of carbonyl (C=O) groups is 1. The number of esters is 1. The summed E-state index contributed by atoms with van der Waals surface area (Å²) in [5.74, 6) is 0.841. The van der Waals surface area contributed by atoms with Crippen molar-refractivity contribution >= 4 is 17.6 Å². The number of benzene rings is 1. The number of aromatic amines is 1. The van der Waals surface area contributed by atoms with Gasteiger partial charge in [0.15, 0.2) is 5.69 Å². The lowest BCUT2D eigenvalue weighted by Gasteiger charge is -2.08. The van der Waals surface area contributed by atoms with E-state index in [0.717, 1.165) is 0 Å². The second-order valence-corrected chi connectivity index (χ2v) is 5.56. The SMILES string of the molecule is CCOC(=O)c1[nH]nnc1-c1cc(OCC2CC2)ccc1Cl. The van der Waals surface area contributed by atoms with Crippen LogP contribution in [0.3, 0.4) is 0 Å². The molecule has 0 amide bonds. The summed E-state index contributed by atoms with van der Waals surface area (Å²) < 4.78 is 10.7. The van der Waals surface area contributed by atoms with E-state index in [2.05, 4.69) is 15.4 Å². The molecule has 6 nitrogen and oxygen atoms in total. The zero-order chi connectivity index (χ0) is 15.5. The summed E-state index contributed by atoms with van der Waals surface area (Å²) in [4.78, 5) is 11.9. The van der Waals surface area contributed by atoms with Gasteiger partial charge in [0.1, 0.15) is 11.4 Å². The van der Waals surface area contributed by atoms with Gasteiger partial charge in [-0.25, -0.2) is 4.79 Å². The summed E-state index contributed by atoms with van der Waals surface area (Å²) in [5.41, 5.74) is 1.13. The number of halogens is 1. The van der Waals surface area contributed by atoms with Crippen LogP contribution < -0.4 is 4.74 Å². The molecule has 0 radical (unpaired) electrons. The molecule has 0 aliphatic heterocycles. The lowest BCUT2D eigenvalue weighted by molar-refractivity contribution is 0.0520. The van der Waals surface area contributed by atoms with Crippen LogP contribution >= 0.6 is 11.6 Å². The van der Waals surface area contributed by atoms with E-state index in [1.807, 2.05) is 0 Å². The molecule has 1 heterocycles. The lowest BCUT2D eigenvalue weighted by atomic mass is 10.1. The Labute approximate surface area is 132 Å². The third-order valence-electron chi connectivity index (χ3n) is 3.40. The Morgan fingerprint density at radius 3 is 3.00 bits per heavy atom. The lowest BCUT2D eigenvalue weighted by Crippen LogP contribution is -2.07. The predicted octanol–water partition coefficient (Wildman–Crippen LogP) is 3.09. The Balaban J connectivity index is 1.88. The maximum atomic E-state index is 11.9. The number of rotatable bonds is 6. The highest BCUT2D eigenvalue weighted by molar-refractivity contribution is 6.33. The van der Waals surface area contributed by atoms with Crippen molar-refractivity contribution in [1.29, 1.82) is 0 Å². The van der Waals surface area contributed by atoms with Gasteiger partial charge in [0, 0.05) is 5.56 Å². The Kier molecular flexibility index (Phi) is 4.29. The van der Waals surface area contributed by atoms with E-state index in [1.54, 1.807) is 25.1 Å². The van der Waals surface area contributed by atoms with E-state index < -0.39 is 5.97 Å². The maximum Gasteiger partial charge on any atom is 0.358 e. The van der Waals surface area contributed by atoms with Crippen molar-refractivity contribution in [3.8, 4) is 17.0 Å². The van der Waals surface area contributed by atoms with Crippen molar-refractivity contribution < 1.29 is 14.3 Å². The number of nitrogens with zero attached hydrogens (tertiary/aromatic N) is 2.